The number of ether oxygens (including phenoxy) is 1. The van der Waals surface area contributed by atoms with E-state index in [4.69, 9.17) is 16.3 Å². The van der Waals surface area contributed by atoms with Crippen molar-refractivity contribution < 1.29 is 24.2 Å². The number of hydrogen-bond donors (Lipinski definition) is 3. The molecule has 8 nitrogen and oxygen atoms in total. The Balaban J connectivity index is 1.81. The second kappa shape index (κ2) is 13.7. The van der Waals surface area contributed by atoms with Crippen LogP contribution < -0.4 is 10.6 Å². The summed E-state index contributed by atoms with van der Waals surface area (Å²) in [5.74, 6) is -0.693. The van der Waals surface area contributed by atoms with Crippen LogP contribution in [0.15, 0.2) is 60.7 Å². The summed E-state index contributed by atoms with van der Waals surface area (Å²) in [5, 5.41) is 16.1. The van der Waals surface area contributed by atoms with Gasteiger partial charge in [-0.1, -0.05) is 54.1 Å². The quantitative estimate of drug-likeness (QED) is 0.235. The molecule has 3 N–H and O–H groups in total. The number of alkyl carbamates (subject to hydrolysis) is 1. The van der Waals surface area contributed by atoms with E-state index >= 15 is 0 Å². The minimum atomic E-state index is -1.04. The Bertz CT molecular complexity index is 1470. The van der Waals surface area contributed by atoms with Crippen LogP contribution in [0.25, 0.3) is 0 Å². The summed E-state index contributed by atoms with van der Waals surface area (Å²) in [7, 11) is 0. The minimum absolute atomic E-state index is 0.0921. The molecule has 1 fully saturated rings. The van der Waals surface area contributed by atoms with E-state index in [1.165, 1.54) is 12.1 Å². The van der Waals surface area contributed by atoms with Crippen molar-refractivity contribution in [3.05, 3.63) is 93.5 Å². The minimum Gasteiger partial charge on any atom is -0.508 e. The third kappa shape index (κ3) is 7.91. The number of aryl methyl sites for hydroxylation is 3. The molecule has 3 amide bonds. The first kappa shape index (κ1) is 32.9. The topological polar surface area (TPSA) is 108 Å². The molecule has 4 rings (SSSR count). The van der Waals surface area contributed by atoms with Crippen molar-refractivity contribution >= 4 is 35.2 Å². The molecule has 0 heterocycles. The summed E-state index contributed by atoms with van der Waals surface area (Å²) in [5.41, 5.74) is 3.70. The number of anilines is 1. The van der Waals surface area contributed by atoms with E-state index in [1.54, 1.807) is 43.9 Å². The number of rotatable bonds is 9. The fourth-order valence-electron chi connectivity index (χ4n) is 5.52. The zero-order chi connectivity index (χ0) is 32.2. The van der Waals surface area contributed by atoms with Gasteiger partial charge in [0.1, 0.15) is 23.4 Å². The first-order chi connectivity index (χ1) is 20.7. The Morgan fingerprint density at radius 2 is 1.55 bits per heavy atom. The maximum atomic E-state index is 14.8. The van der Waals surface area contributed by atoms with Crippen LogP contribution in [0.1, 0.15) is 73.9 Å². The maximum absolute atomic E-state index is 14.8. The number of halogens is 1. The molecule has 3 aromatic rings. The Labute approximate surface area is 264 Å². The van der Waals surface area contributed by atoms with E-state index in [9.17, 15) is 19.5 Å². The number of carbonyl (C=O) groups excluding carboxylic acids is 3. The fourth-order valence-corrected chi connectivity index (χ4v) is 5.79. The fraction of sp³-hybridized carbons (Fsp3) is 0.400. The number of phenolic OH excluding ortho intramolecular Hbond substituents is 1. The molecule has 1 saturated carbocycles. The molecule has 1 aliphatic rings. The van der Waals surface area contributed by atoms with Gasteiger partial charge >= 0.3 is 6.09 Å². The first-order valence-corrected chi connectivity index (χ1v) is 15.3. The van der Waals surface area contributed by atoms with E-state index in [-0.39, 0.29) is 24.1 Å². The number of nitrogens with one attached hydrogen (secondary N) is 2. The van der Waals surface area contributed by atoms with E-state index in [0.29, 0.717) is 10.7 Å². The number of hydrogen-bond acceptors (Lipinski definition) is 5. The van der Waals surface area contributed by atoms with Gasteiger partial charge in [0.05, 0.1) is 10.7 Å². The first-order valence-electron chi connectivity index (χ1n) is 15.0. The SMILES string of the molecule is Cc1cccc(Cl)c1NC(=O)C(c1c(C)cccc1C)N(C(=O)C(Cc1ccc(O)cc1)NC(=O)OC(C)(C)C)C1CCC1. The van der Waals surface area contributed by atoms with Crippen LogP contribution in [0.2, 0.25) is 5.02 Å². The van der Waals surface area contributed by atoms with Gasteiger partial charge in [0, 0.05) is 12.5 Å². The molecule has 44 heavy (non-hydrogen) atoms. The second-order valence-corrected chi connectivity index (χ2v) is 12.9. The normalized spacial score (nSPS) is 14.6. The highest BCUT2D eigenvalue weighted by Crippen LogP contribution is 2.38. The molecule has 0 saturated heterocycles. The van der Waals surface area contributed by atoms with E-state index in [2.05, 4.69) is 10.6 Å². The van der Waals surface area contributed by atoms with Gasteiger partial charge in [0.2, 0.25) is 5.91 Å². The second-order valence-electron chi connectivity index (χ2n) is 12.5. The van der Waals surface area contributed by atoms with Gasteiger partial charge in [-0.3, -0.25) is 9.59 Å². The van der Waals surface area contributed by atoms with Gasteiger partial charge in [-0.2, -0.15) is 0 Å². The molecule has 9 heteroatoms. The van der Waals surface area contributed by atoms with Crippen LogP contribution in [0.3, 0.4) is 0 Å². The highest BCUT2D eigenvalue weighted by Gasteiger charge is 2.43. The van der Waals surface area contributed by atoms with Gasteiger partial charge in [-0.25, -0.2) is 4.79 Å². The molecule has 0 aliphatic heterocycles. The molecule has 1 aliphatic carbocycles. The molecular weight excluding hydrogens is 578 g/mol. The Morgan fingerprint density at radius 3 is 2.09 bits per heavy atom. The highest BCUT2D eigenvalue weighted by molar-refractivity contribution is 6.34. The predicted octanol–water partition coefficient (Wildman–Crippen LogP) is 7.17. The van der Waals surface area contributed by atoms with Crippen molar-refractivity contribution in [2.24, 2.45) is 0 Å². The summed E-state index contributed by atoms with van der Waals surface area (Å²) in [6.45, 7) is 11.0. The molecule has 3 aromatic carbocycles. The van der Waals surface area contributed by atoms with Crippen LogP contribution >= 0.6 is 11.6 Å². The summed E-state index contributed by atoms with van der Waals surface area (Å²) in [4.78, 5) is 43.9. The van der Waals surface area contributed by atoms with E-state index in [1.807, 2.05) is 51.1 Å². The van der Waals surface area contributed by atoms with E-state index < -0.39 is 29.7 Å². The molecule has 0 aromatic heterocycles. The lowest BCUT2D eigenvalue weighted by Gasteiger charge is -2.44. The molecule has 234 valence electrons. The summed E-state index contributed by atoms with van der Waals surface area (Å²) in [6.07, 6.45) is 1.77. The summed E-state index contributed by atoms with van der Waals surface area (Å²) in [6, 6.07) is 15.4. The Kier molecular flexibility index (Phi) is 10.3. The number of phenols is 1. The van der Waals surface area contributed by atoms with Crippen LogP contribution in [-0.4, -0.2) is 45.6 Å². The number of amides is 3. The lowest BCUT2D eigenvalue weighted by Crippen LogP contribution is -2.57. The lowest BCUT2D eigenvalue weighted by atomic mass is 9.86. The maximum Gasteiger partial charge on any atom is 0.408 e. The summed E-state index contributed by atoms with van der Waals surface area (Å²) >= 11 is 6.52. The van der Waals surface area contributed by atoms with Crippen molar-refractivity contribution in [3.8, 4) is 5.75 Å². The molecular formula is C35H42ClN3O5. The monoisotopic (exact) mass is 619 g/mol. The van der Waals surface area contributed by atoms with Crippen molar-refractivity contribution in [2.45, 2.75) is 91.0 Å². The standard InChI is InChI=1S/C35H42ClN3O5/c1-21-10-7-11-22(2)29(21)31(32(41)38-30-23(3)12-8-15-27(30)36)39(25-13-9-14-25)33(42)28(37-34(43)44-35(4,5)6)20-24-16-18-26(40)19-17-24/h7-8,10-12,15-19,25,28,31,40H,9,13-14,20H2,1-6H3,(H,37,43)(H,38,41). The number of nitrogens with zero attached hydrogens (tertiary/aromatic N) is 1. The molecule has 0 spiro atoms. The Morgan fingerprint density at radius 1 is 0.955 bits per heavy atom. The van der Waals surface area contributed by atoms with Crippen LogP contribution in [0, 0.1) is 20.8 Å². The number of para-hydroxylation sites is 1. The van der Waals surface area contributed by atoms with Gasteiger partial charge in [-0.15, -0.1) is 0 Å². The third-order valence-electron chi connectivity index (χ3n) is 7.90. The summed E-state index contributed by atoms with van der Waals surface area (Å²) < 4.78 is 5.54. The predicted molar refractivity (Wildman–Crippen MR) is 173 cm³/mol. The van der Waals surface area contributed by atoms with Crippen LogP contribution in [-0.2, 0) is 20.7 Å². The number of benzene rings is 3. The molecule has 2 atom stereocenters. The largest absolute Gasteiger partial charge is 0.508 e. The highest BCUT2D eigenvalue weighted by atomic mass is 35.5. The van der Waals surface area contributed by atoms with Crippen LogP contribution in [0.5, 0.6) is 5.75 Å². The number of carbonyl (C=O) groups is 3. The van der Waals surface area contributed by atoms with Crippen molar-refractivity contribution in [2.75, 3.05) is 5.32 Å². The lowest BCUT2D eigenvalue weighted by molar-refractivity contribution is -0.145. The smallest absolute Gasteiger partial charge is 0.408 e. The average molecular weight is 620 g/mol. The van der Waals surface area contributed by atoms with Gasteiger partial charge < -0.3 is 25.4 Å². The molecule has 0 bridgehead atoms. The van der Waals surface area contributed by atoms with Crippen molar-refractivity contribution in [1.29, 1.82) is 0 Å². The zero-order valence-electron chi connectivity index (χ0n) is 26.2. The third-order valence-corrected chi connectivity index (χ3v) is 8.21. The van der Waals surface area contributed by atoms with Gasteiger partial charge in [0.25, 0.3) is 5.91 Å². The van der Waals surface area contributed by atoms with E-state index in [0.717, 1.165) is 47.1 Å². The number of aromatic hydroxyl groups is 1. The van der Waals surface area contributed by atoms with Gasteiger partial charge in [0.15, 0.2) is 0 Å². The van der Waals surface area contributed by atoms with Crippen molar-refractivity contribution in [3.63, 3.8) is 0 Å². The molecule has 0 radical (unpaired) electrons. The van der Waals surface area contributed by atoms with Crippen molar-refractivity contribution in [1.82, 2.24) is 10.2 Å². The average Bonchev–Trinajstić information content (AvgIpc) is 2.90. The van der Waals surface area contributed by atoms with Gasteiger partial charge in [-0.05, 0) is 107 Å². The zero-order valence-corrected chi connectivity index (χ0v) is 27.0. The Hall–Kier alpha value is -4.04. The molecule has 2 unspecified atom stereocenters. The van der Waals surface area contributed by atoms with Crippen LogP contribution in [0.4, 0.5) is 10.5 Å².